The van der Waals surface area contributed by atoms with Gasteiger partial charge >= 0.3 is 11.9 Å². The monoisotopic (exact) mass is 366 g/mol. The average molecular weight is 366 g/mol. The molecule has 0 saturated heterocycles. The Bertz CT molecular complexity index is 1010. The highest BCUT2D eigenvalue weighted by Crippen LogP contribution is 2.21. The number of amides is 1. The smallest absolute Gasteiger partial charge is 0.326 e. The van der Waals surface area contributed by atoms with E-state index in [4.69, 9.17) is 4.74 Å². The van der Waals surface area contributed by atoms with Gasteiger partial charge in [-0.2, -0.15) is 0 Å². The number of carbonyl (C=O) groups is 3. The van der Waals surface area contributed by atoms with Gasteiger partial charge in [0.2, 0.25) is 0 Å². The van der Waals surface area contributed by atoms with Crippen molar-refractivity contribution in [2.75, 3.05) is 0 Å². The molecule has 0 spiro atoms. The van der Waals surface area contributed by atoms with Crippen molar-refractivity contribution < 1.29 is 24.2 Å². The van der Waals surface area contributed by atoms with Crippen LogP contribution in [0.25, 0.3) is 10.9 Å². The molecule has 3 N–H and O–H groups in total. The van der Waals surface area contributed by atoms with Gasteiger partial charge in [-0.3, -0.25) is 9.59 Å². The molecule has 1 unspecified atom stereocenters. The van der Waals surface area contributed by atoms with Crippen molar-refractivity contribution in [1.82, 2.24) is 10.3 Å². The van der Waals surface area contributed by atoms with Gasteiger partial charge in [0, 0.05) is 30.4 Å². The summed E-state index contributed by atoms with van der Waals surface area (Å²) in [7, 11) is 0. The van der Waals surface area contributed by atoms with Crippen LogP contribution in [-0.2, 0) is 16.0 Å². The topological polar surface area (TPSA) is 108 Å². The van der Waals surface area contributed by atoms with Gasteiger partial charge in [0.15, 0.2) is 0 Å². The standard InChI is InChI=1S/C20H18N2O5/c1-12(23)27-18-9-5-3-7-15(18)19(24)22-17(20(25)26)10-13-11-21-16-8-4-2-6-14(13)16/h2-9,11,17,21H,10H2,1H3,(H,22,24)(H,25,26). The number of nitrogens with one attached hydrogen (secondary N) is 2. The van der Waals surface area contributed by atoms with E-state index in [-0.39, 0.29) is 17.7 Å². The van der Waals surface area contributed by atoms with Gasteiger partial charge in [-0.1, -0.05) is 30.3 Å². The van der Waals surface area contributed by atoms with E-state index in [0.717, 1.165) is 16.5 Å². The molecule has 27 heavy (non-hydrogen) atoms. The summed E-state index contributed by atoms with van der Waals surface area (Å²) < 4.78 is 5.02. The minimum atomic E-state index is -1.15. The average Bonchev–Trinajstić information content (AvgIpc) is 3.04. The van der Waals surface area contributed by atoms with E-state index < -0.39 is 23.9 Å². The van der Waals surface area contributed by atoms with Crippen molar-refractivity contribution in [3.05, 3.63) is 65.9 Å². The number of hydrogen-bond acceptors (Lipinski definition) is 4. The van der Waals surface area contributed by atoms with Crippen molar-refractivity contribution in [3.8, 4) is 5.75 Å². The summed E-state index contributed by atoms with van der Waals surface area (Å²) in [4.78, 5) is 38.5. The summed E-state index contributed by atoms with van der Waals surface area (Å²) in [6, 6.07) is 12.6. The van der Waals surface area contributed by atoms with Crippen molar-refractivity contribution >= 4 is 28.7 Å². The maximum absolute atomic E-state index is 12.6. The molecule has 0 aliphatic heterocycles. The number of rotatable bonds is 6. The third kappa shape index (κ3) is 4.14. The molecular weight excluding hydrogens is 348 g/mol. The van der Waals surface area contributed by atoms with Crippen molar-refractivity contribution in [2.24, 2.45) is 0 Å². The number of carboxylic acids is 1. The Balaban J connectivity index is 1.82. The van der Waals surface area contributed by atoms with Gasteiger partial charge in [0.05, 0.1) is 5.56 Å². The van der Waals surface area contributed by atoms with E-state index in [0.29, 0.717) is 0 Å². The quantitative estimate of drug-likeness (QED) is 0.459. The molecular formula is C20H18N2O5. The Morgan fingerprint density at radius 2 is 1.81 bits per heavy atom. The SMILES string of the molecule is CC(=O)Oc1ccccc1C(=O)NC(Cc1c[nH]c2ccccc12)C(=O)O. The number of H-pyrrole nitrogens is 1. The first-order chi connectivity index (χ1) is 13.0. The van der Waals surface area contributed by atoms with E-state index in [9.17, 15) is 19.5 Å². The second-order valence-corrected chi connectivity index (χ2v) is 6.02. The van der Waals surface area contributed by atoms with Gasteiger partial charge in [0.1, 0.15) is 11.8 Å². The van der Waals surface area contributed by atoms with Crippen LogP contribution in [0.4, 0.5) is 0 Å². The van der Waals surface area contributed by atoms with Gasteiger partial charge in [-0.05, 0) is 23.8 Å². The Hall–Kier alpha value is -3.61. The maximum Gasteiger partial charge on any atom is 0.326 e. The van der Waals surface area contributed by atoms with Crippen LogP contribution in [0.3, 0.4) is 0 Å². The summed E-state index contributed by atoms with van der Waals surface area (Å²) in [5.41, 5.74) is 1.77. The largest absolute Gasteiger partial charge is 0.480 e. The summed E-state index contributed by atoms with van der Waals surface area (Å²) >= 11 is 0. The van der Waals surface area contributed by atoms with Crippen molar-refractivity contribution in [2.45, 2.75) is 19.4 Å². The molecule has 0 aliphatic rings. The molecule has 0 saturated carbocycles. The molecule has 138 valence electrons. The molecule has 2 aromatic carbocycles. The van der Waals surface area contributed by atoms with E-state index in [1.807, 2.05) is 24.3 Å². The number of ether oxygens (including phenoxy) is 1. The predicted octanol–water partition coefficient (Wildman–Crippen LogP) is 2.52. The molecule has 7 nitrogen and oxygen atoms in total. The minimum Gasteiger partial charge on any atom is -0.480 e. The van der Waals surface area contributed by atoms with Crippen LogP contribution in [0.1, 0.15) is 22.8 Å². The molecule has 0 aliphatic carbocycles. The van der Waals surface area contributed by atoms with Crippen LogP contribution in [0.2, 0.25) is 0 Å². The number of fused-ring (bicyclic) bond motifs is 1. The fourth-order valence-electron chi connectivity index (χ4n) is 2.85. The number of carboxylic acid groups (broad SMARTS) is 1. The highest BCUT2D eigenvalue weighted by Gasteiger charge is 2.24. The number of aromatic nitrogens is 1. The summed E-state index contributed by atoms with van der Waals surface area (Å²) in [6.07, 6.45) is 1.85. The molecule has 1 heterocycles. The molecule has 0 radical (unpaired) electrons. The number of hydrogen-bond donors (Lipinski definition) is 3. The van der Waals surface area contributed by atoms with Crippen LogP contribution in [0, 0.1) is 0 Å². The lowest BCUT2D eigenvalue weighted by atomic mass is 10.0. The maximum atomic E-state index is 12.6. The summed E-state index contributed by atoms with van der Waals surface area (Å²) in [5, 5.41) is 13.0. The number of aliphatic carboxylic acids is 1. The fraction of sp³-hybridized carbons (Fsp3) is 0.150. The van der Waals surface area contributed by atoms with Crippen molar-refractivity contribution in [3.63, 3.8) is 0 Å². The Morgan fingerprint density at radius 1 is 1.11 bits per heavy atom. The predicted molar refractivity (Wildman–Crippen MR) is 98.6 cm³/mol. The Labute approximate surface area is 155 Å². The molecule has 1 amide bonds. The van der Waals surface area contributed by atoms with Crippen LogP contribution < -0.4 is 10.1 Å². The highest BCUT2D eigenvalue weighted by molar-refractivity contribution is 5.99. The number of carbonyl (C=O) groups excluding carboxylic acids is 2. The Kier molecular flexibility index (Phi) is 5.21. The molecule has 3 aromatic rings. The van der Waals surface area contributed by atoms with E-state index >= 15 is 0 Å². The lowest BCUT2D eigenvalue weighted by molar-refractivity contribution is -0.139. The molecule has 7 heteroatoms. The minimum absolute atomic E-state index is 0.0822. The summed E-state index contributed by atoms with van der Waals surface area (Å²) in [5.74, 6) is -2.26. The normalized spacial score (nSPS) is 11.7. The zero-order chi connectivity index (χ0) is 19.4. The molecule has 0 fully saturated rings. The second kappa shape index (κ2) is 7.74. The van der Waals surface area contributed by atoms with Crippen molar-refractivity contribution in [1.29, 1.82) is 0 Å². The fourth-order valence-corrected chi connectivity index (χ4v) is 2.85. The van der Waals surface area contributed by atoms with Gasteiger partial charge < -0.3 is 20.1 Å². The van der Waals surface area contributed by atoms with Crippen LogP contribution in [0.5, 0.6) is 5.75 Å². The summed E-state index contributed by atoms with van der Waals surface area (Å²) in [6.45, 7) is 1.23. The van der Waals surface area contributed by atoms with E-state index in [1.54, 1.807) is 18.3 Å². The van der Waals surface area contributed by atoms with Crippen LogP contribution in [0.15, 0.2) is 54.7 Å². The number of esters is 1. The molecule has 3 rings (SSSR count). The van der Waals surface area contributed by atoms with Gasteiger partial charge in [-0.15, -0.1) is 0 Å². The highest BCUT2D eigenvalue weighted by atomic mass is 16.5. The number of benzene rings is 2. The first-order valence-corrected chi connectivity index (χ1v) is 8.32. The van der Waals surface area contributed by atoms with Gasteiger partial charge in [-0.25, -0.2) is 4.79 Å². The first kappa shape index (κ1) is 18.2. The Morgan fingerprint density at radius 3 is 2.56 bits per heavy atom. The third-order valence-electron chi connectivity index (χ3n) is 4.09. The number of aromatic amines is 1. The lowest BCUT2D eigenvalue weighted by Gasteiger charge is -2.15. The zero-order valence-corrected chi connectivity index (χ0v) is 14.6. The zero-order valence-electron chi connectivity index (χ0n) is 14.6. The van der Waals surface area contributed by atoms with Crippen LogP contribution >= 0.6 is 0 Å². The molecule has 1 atom stereocenters. The third-order valence-corrected chi connectivity index (χ3v) is 4.09. The lowest BCUT2D eigenvalue weighted by Crippen LogP contribution is -2.42. The number of para-hydroxylation sites is 2. The van der Waals surface area contributed by atoms with E-state index in [1.165, 1.54) is 19.1 Å². The van der Waals surface area contributed by atoms with E-state index in [2.05, 4.69) is 10.3 Å². The van der Waals surface area contributed by atoms with Gasteiger partial charge in [0.25, 0.3) is 5.91 Å². The molecule has 1 aromatic heterocycles. The second-order valence-electron chi connectivity index (χ2n) is 6.02. The first-order valence-electron chi connectivity index (χ1n) is 8.32. The van der Waals surface area contributed by atoms with Crippen LogP contribution in [-0.4, -0.2) is 34.0 Å². The molecule has 0 bridgehead atoms.